The first-order valence-electron chi connectivity index (χ1n) is 5.29. The van der Waals surface area contributed by atoms with Gasteiger partial charge in [0.05, 0.1) is 12.7 Å². The van der Waals surface area contributed by atoms with E-state index < -0.39 is 11.8 Å². The van der Waals surface area contributed by atoms with Crippen LogP contribution < -0.4 is 0 Å². The average Bonchev–Trinajstić information content (AvgIpc) is 2.38. The summed E-state index contributed by atoms with van der Waals surface area (Å²) in [4.78, 5) is 11.2. The van der Waals surface area contributed by atoms with Gasteiger partial charge in [-0.25, -0.2) is 9.18 Å². The van der Waals surface area contributed by atoms with E-state index in [0.29, 0.717) is 5.56 Å². The molecule has 3 nitrogen and oxygen atoms in total. The normalized spacial score (nSPS) is 10.1. The predicted molar refractivity (Wildman–Crippen MR) is 64.8 cm³/mol. The second kappa shape index (κ2) is 4.87. The summed E-state index contributed by atoms with van der Waals surface area (Å²) in [7, 11) is 1.20. The molecule has 2 aromatic rings. The quantitative estimate of drug-likeness (QED) is 0.828. The molecule has 0 radical (unpaired) electrons. The standard InChI is InChI=1S/C14H11FO3/c1-18-14(17)12-7-4-10(8-13(12)15)9-2-5-11(16)6-3-9/h2-8,16H,1H3. The van der Waals surface area contributed by atoms with Crippen LogP contribution in [0.5, 0.6) is 5.75 Å². The van der Waals surface area contributed by atoms with Crippen LogP contribution in [0.4, 0.5) is 4.39 Å². The molecule has 0 aliphatic carbocycles. The van der Waals surface area contributed by atoms with Crippen LogP contribution in [0.3, 0.4) is 0 Å². The SMILES string of the molecule is COC(=O)c1ccc(-c2ccc(O)cc2)cc1F. The lowest BCUT2D eigenvalue weighted by Gasteiger charge is -2.05. The summed E-state index contributed by atoms with van der Waals surface area (Å²) in [6.45, 7) is 0. The van der Waals surface area contributed by atoms with Crippen molar-refractivity contribution < 1.29 is 19.0 Å². The Hall–Kier alpha value is -2.36. The van der Waals surface area contributed by atoms with Crippen molar-refractivity contribution in [2.24, 2.45) is 0 Å². The van der Waals surface area contributed by atoms with Gasteiger partial charge in [-0.15, -0.1) is 0 Å². The Bertz CT molecular complexity index is 576. The third-order valence-corrected chi connectivity index (χ3v) is 2.58. The topological polar surface area (TPSA) is 46.5 Å². The Morgan fingerprint density at radius 1 is 1.11 bits per heavy atom. The van der Waals surface area contributed by atoms with E-state index >= 15 is 0 Å². The number of halogens is 1. The van der Waals surface area contributed by atoms with Gasteiger partial charge in [0.1, 0.15) is 11.6 Å². The molecule has 0 saturated carbocycles. The molecule has 0 saturated heterocycles. The van der Waals surface area contributed by atoms with Crippen molar-refractivity contribution >= 4 is 5.97 Å². The highest BCUT2D eigenvalue weighted by molar-refractivity contribution is 5.90. The highest BCUT2D eigenvalue weighted by atomic mass is 19.1. The van der Waals surface area contributed by atoms with Crippen LogP contribution in [0, 0.1) is 5.82 Å². The molecule has 0 atom stereocenters. The summed E-state index contributed by atoms with van der Waals surface area (Å²) in [5.41, 5.74) is 1.28. The maximum atomic E-state index is 13.7. The number of esters is 1. The van der Waals surface area contributed by atoms with Gasteiger partial charge in [-0.05, 0) is 35.4 Å². The Morgan fingerprint density at radius 3 is 2.28 bits per heavy atom. The van der Waals surface area contributed by atoms with Gasteiger partial charge < -0.3 is 9.84 Å². The number of phenols is 1. The molecule has 0 bridgehead atoms. The zero-order valence-electron chi connectivity index (χ0n) is 9.68. The first-order chi connectivity index (χ1) is 8.61. The van der Waals surface area contributed by atoms with Crippen LogP contribution in [0.15, 0.2) is 42.5 Å². The highest BCUT2D eigenvalue weighted by Crippen LogP contribution is 2.24. The van der Waals surface area contributed by atoms with Crippen molar-refractivity contribution in [2.45, 2.75) is 0 Å². The Kier molecular flexibility index (Phi) is 3.28. The van der Waals surface area contributed by atoms with Gasteiger partial charge in [0.15, 0.2) is 0 Å². The van der Waals surface area contributed by atoms with Crippen molar-refractivity contribution in [3.8, 4) is 16.9 Å². The first-order valence-corrected chi connectivity index (χ1v) is 5.29. The molecular weight excluding hydrogens is 235 g/mol. The molecule has 0 aliphatic rings. The zero-order chi connectivity index (χ0) is 13.1. The number of carbonyl (C=O) groups is 1. The summed E-state index contributed by atoms with van der Waals surface area (Å²) >= 11 is 0. The minimum Gasteiger partial charge on any atom is -0.508 e. The first kappa shape index (κ1) is 12.1. The second-order valence-corrected chi connectivity index (χ2v) is 3.73. The number of hydrogen-bond donors (Lipinski definition) is 1. The van der Waals surface area contributed by atoms with Gasteiger partial charge >= 0.3 is 5.97 Å². The van der Waals surface area contributed by atoms with Gasteiger partial charge in [0.25, 0.3) is 0 Å². The minimum absolute atomic E-state index is 0.0972. The molecule has 0 aromatic heterocycles. The third kappa shape index (κ3) is 2.32. The molecule has 0 amide bonds. The molecule has 0 aliphatic heterocycles. The van der Waals surface area contributed by atoms with Crippen LogP contribution in [0.25, 0.3) is 11.1 Å². The molecule has 0 heterocycles. The Morgan fingerprint density at radius 2 is 1.72 bits per heavy atom. The predicted octanol–water partition coefficient (Wildman–Crippen LogP) is 2.98. The van der Waals surface area contributed by atoms with Crippen LogP contribution in [-0.4, -0.2) is 18.2 Å². The van der Waals surface area contributed by atoms with Gasteiger partial charge in [-0.1, -0.05) is 18.2 Å². The summed E-state index contributed by atoms with van der Waals surface area (Å²) in [5, 5.41) is 9.17. The van der Waals surface area contributed by atoms with E-state index in [4.69, 9.17) is 0 Å². The molecule has 2 aromatic carbocycles. The summed E-state index contributed by atoms with van der Waals surface area (Å²) in [6.07, 6.45) is 0. The molecule has 1 N–H and O–H groups in total. The van der Waals surface area contributed by atoms with E-state index in [1.165, 1.54) is 31.4 Å². The summed E-state index contributed by atoms with van der Waals surface area (Å²) in [5.74, 6) is -1.19. The summed E-state index contributed by atoms with van der Waals surface area (Å²) in [6, 6.07) is 10.6. The van der Waals surface area contributed by atoms with E-state index in [0.717, 1.165) is 5.56 Å². The van der Waals surface area contributed by atoms with Crippen LogP contribution >= 0.6 is 0 Å². The maximum absolute atomic E-state index is 13.7. The van der Waals surface area contributed by atoms with Crippen molar-refractivity contribution in [1.29, 1.82) is 0 Å². The third-order valence-electron chi connectivity index (χ3n) is 2.58. The maximum Gasteiger partial charge on any atom is 0.340 e. The van der Waals surface area contributed by atoms with Gasteiger partial charge in [-0.3, -0.25) is 0 Å². The van der Waals surface area contributed by atoms with Gasteiger partial charge in [0, 0.05) is 0 Å². The molecule has 0 spiro atoms. The number of rotatable bonds is 2. The fourth-order valence-corrected chi connectivity index (χ4v) is 1.62. The number of hydrogen-bond acceptors (Lipinski definition) is 3. The lowest BCUT2D eigenvalue weighted by Crippen LogP contribution is -2.04. The smallest absolute Gasteiger partial charge is 0.340 e. The fraction of sp³-hybridized carbons (Fsp3) is 0.0714. The number of ether oxygens (including phenoxy) is 1. The van der Waals surface area contributed by atoms with Gasteiger partial charge in [-0.2, -0.15) is 0 Å². The Balaban J connectivity index is 2.40. The number of phenolic OH excluding ortho intramolecular Hbond substituents is 1. The van der Waals surface area contributed by atoms with E-state index in [1.807, 2.05) is 0 Å². The van der Waals surface area contributed by atoms with E-state index in [9.17, 15) is 14.3 Å². The molecule has 4 heteroatoms. The number of methoxy groups -OCH3 is 1. The number of aromatic hydroxyl groups is 1. The van der Waals surface area contributed by atoms with Crippen LogP contribution in [0.2, 0.25) is 0 Å². The van der Waals surface area contributed by atoms with E-state index in [2.05, 4.69) is 4.74 Å². The fourth-order valence-electron chi connectivity index (χ4n) is 1.62. The molecule has 92 valence electrons. The second-order valence-electron chi connectivity index (χ2n) is 3.73. The number of benzene rings is 2. The van der Waals surface area contributed by atoms with Gasteiger partial charge in [0.2, 0.25) is 0 Å². The summed E-state index contributed by atoms with van der Waals surface area (Å²) < 4.78 is 18.2. The van der Waals surface area contributed by atoms with Crippen molar-refractivity contribution in [3.05, 3.63) is 53.8 Å². The molecule has 18 heavy (non-hydrogen) atoms. The Labute approximate surface area is 103 Å². The van der Waals surface area contributed by atoms with Crippen LogP contribution in [0.1, 0.15) is 10.4 Å². The molecule has 0 fully saturated rings. The lowest BCUT2D eigenvalue weighted by molar-refractivity contribution is 0.0595. The molecule has 2 rings (SSSR count). The monoisotopic (exact) mass is 246 g/mol. The van der Waals surface area contributed by atoms with Crippen molar-refractivity contribution in [1.82, 2.24) is 0 Å². The van der Waals surface area contributed by atoms with Crippen molar-refractivity contribution in [2.75, 3.05) is 7.11 Å². The van der Waals surface area contributed by atoms with E-state index in [-0.39, 0.29) is 11.3 Å². The van der Waals surface area contributed by atoms with Crippen LogP contribution in [-0.2, 0) is 4.74 Å². The lowest BCUT2D eigenvalue weighted by atomic mass is 10.0. The zero-order valence-corrected chi connectivity index (χ0v) is 9.68. The van der Waals surface area contributed by atoms with E-state index in [1.54, 1.807) is 18.2 Å². The minimum atomic E-state index is -0.704. The molecule has 0 unspecified atom stereocenters. The average molecular weight is 246 g/mol. The largest absolute Gasteiger partial charge is 0.508 e. The van der Waals surface area contributed by atoms with Crippen molar-refractivity contribution in [3.63, 3.8) is 0 Å². The molecular formula is C14H11FO3. The highest BCUT2D eigenvalue weighted by Gasteiger charge is 2.12. The number of carbonyl (C=O) groups excluding carboxylic acids is 1.